The Morgan fingerprint density at radius 3 is 2.80 bits per heavy atom. The van der Waals surface area contributed by atoms with Crippen LogP contribution in [0.5, 0.6) is 5.75 Å². The Morgan fingerprint density at radius 1 is 1.40 bits per heavy atom. The summed E-state index contributed by atoms with van der Waals surface area (Å²) in [7, 11) is 1.61. The molecule has 2 heterocycles. The van der Waals surface area contributed by atoms with E-state index in [9.17, 15) is 14.0 Å². The van der Waals surface area contributed by atoms with Gasteiger partial charge in [-0.2, -0.15) is 0 Å². The fourth-order valence-corrected chi connectivity index (χ4v) is 5.42. The van der Waals surface area contributed by atoms with E-state index < -0.39 is 11.1 Å². The van der Waals surface area contributed by atoms with Crippen LogP contribution in [0.1, 0.15) is 71.4 Å². The van der Waals surface area contributed by atoms with Crippen molar-refractivity contribution in [2.24, 2.45) is 22.6 Å². The first-order chi connectivity index (χ1) is 16.5. The van der Waals surface area contributed by atoms with Crippen LogP contribution in [0.15, 0.2) is 23.2 Å². The van der Waals surface area contributed by atoms with E-state index in [0.717, 1.165) is 0 Å². The van der Waals surface area contributed by atoms with E-state index >= 15 is 0 Å². The number of aliphatic imine (C=N–C) groups is 1. The fourth-order valence-electron chi connectivity index (χ4n) is 5.42. The molecule has 5 atom stereocenters. The van der Waals surface area contributed by atoms with Crippen molar-refractivity contribution in [2.45, 2.75) is 83.0 Å². The number of hydrogen-bond donors (Lipinski definition) is 2. The van der Waals surface area contributed by atoms with Crippen molar-refractivity contribution >= 4 is 17.8 Å². The Kier molecular flexibility index (Phi) is 6.83. The Hall–Kier alpha value is -2.68. The molecule has 0 aromatic heterocycles. The standard InChI is InChI=1S/C26H37FN4O4/c1-6-26(4)14-22(32)31(24(28)30-26)20(9-10-34-5)16-12-17(16)23(33)29-19-13-25(2,3)35-21-8-7-15(27)11-18(19)21/h7-8,11,16-17,19-20H,6,9-10,12-14H2,1-5H3,(H2,28,30)(H,29,33)/t16-,17?,19-,20+,26-/m0/s1. The average molecular weight is 489 g/mol. The molecule has 0 radical (unpaired) electrons. The van der Waals surface area contributed by atoms with Gasteiger partial charge in [-0.15, -0.1) is 0 Å². The lowest BCUT2D eigenvalue weighted by atomic mass is 9.89. The number of guanidine groups is 1. The van der Waals surface area contributed by atoms with Crippen LogP contribution in [0.25, 0.3) is 0 Å². The van der Waals surface area contributed by atoms with Crippen LogP contribution < -0.4 is 15.8 Å². The van der Waals surface area contributed by atoms with E-state index in [-0.39, 0.29) is 53.9 Å². The van der Waals surface area contributed by atoms with Crippen LogP contribution >= 0.6 is 0 Å². The maximum atomic E-state index is 14.0. The molecule has 8 nitrogen and oxygen atoms in total. The average Bonchev–Trinajstić information content (AvgIpc) is 3.56. The molecule has 1 aliphatic carbocycles. The summed E-state index contributed by atoms with van der Waals surface area (Å²) < 4.78 is 25.3. The van der Waals surface area contributed by atoms with Crippen LogP contribution in [0, 0.1) is 17.7 Å². The van der Waals surface area contributed by atoms with E-state index in [1.165, 1.54) is 12.1 Å². The Labute approximate surface area is 206 Å². The van der Waals surface area contributed by atoms with Gasteiger partial charge >= 0.3 is 0 Å². The second-order valence-electron chi connectivity index (χ2n) is 10.9. The third kappa shape index (κ3) is 5.29. The third-order valence-electron chi connectivity index (χ3n) is 7.56. The highest BCUT2D eigenvalue weighted by atomic mass is 19.1. The summed E-state index contributed by atoms with van der Waals surface area (Å²) >= 11 is 0. The molecule has 1 aromatic carbocycles. The van der Waals surface area contributed by atoms with Crippen LogP contribution in [0.3, 0.4) is 0 Å². The molecule has 4 rings (SSSR count). The zero-order chi connectivity index (χ0) is 25.5. The number of halogens is 1. The number of nitrogens with two attached hydrogens (primary N) is 1. The summed E-state index contributed by atoms with van der Waals surface area (Å²) in [6.45, 7) is 8.27. The largest absolute Gasteiger partial charge is 0.487 e. The molecule has 1 aromatic rings. The van der Waals surface area contributed by atoms with Gasteiger partial charge in [0.2, 0.25) is 11.8 Å². The minimum atomic E-state index is -0.498. The van der Waals surface area contributed by atoms with Crippen molar-refractivity contribution in [3.63, 3.8) is 0 Å². The monoisotopic (exact) mass is 488 g/mol. The van der Waals surface area contributed by atoms with Gasteiger partial charge in [0.25, 0.3) is 0 Å². The number of hydrogen-bond acceptors (Lipinski definition) is 6. The van der Waals surface area contributed by atoms with Gasteiger partial charge in [-0.05, 0) is 64.2 Å². The second-order valence-corrected chi connectivity index (χ2v) is 10.9. The lowest BCUT2D eigenvalue weighted by Crippen LogP contribution is -2.56. The van der Waals surface area contributed by atoms with Crippen LogP contribution in [-0.4, -0.2) is 53.6 Å². The number of nitrogens with zero attached hydrogens (tertiary/aromatic N) is 2. The third-order valence-corrected chi connectivity index (χ3v) is 7.56. The molecule has 3 aliphatic rings. The van der Waals surface area contributed by atoms with Gasteiger partial charge in [-0.25, -0.2) is 9.38 Å². The van der Waals surface area contributed by atoms with Crippen LogP contribution in [0.4, 0.5) is 4.39 Å². The summed E-state index contributed by atoms with van der Waals surface area (Å²) in [6, 6.07) is 3.78. The number of ether oxygens (including phenoxy) is 2. The van der Waals surface area contributed by atoms with Gasteiger partial charge in [-0.3, -0.25) is 14.5 Å². The molecule has 192 valence electrons. The summed E-state index contributed by atoms with van der Waals surface area (Å²) in [6.07, 6.45) is 2.74. The number of nitrogens with one attached hydrogen (secondary N) is 1. The minimum absolute atomic E-state index is 0.0475. The van der Waals surface area contributed by atoms with Crippen molar-refractivity contribution in [3.8, 4) is 5.75 Å². The van der Waals surface area contributed by atoms with E-state index in [0.29, 0.717) is 43.6 Å². The number of carbonyl (C=O) groups is 2. The van der Waals surface area contributed by atoms with E-state index in [4.69, 9.17) is 15.2 Å². The number of amides is 2. The molecule has 35 heavy (non-hydrogen) atoms. The number of carbonyl (C=O) groups excluding carboxylic acids is 2. The number of rotatable bonds is 8. The lowest BCUT2D eigenvalue weighted by molar-refractivity contribution is -0.132. The van der Waals surface area contributed by atoms with Crippen LogP contribution in [-0.2, 0) is 14.3 Å². The van der Waals surface area contributed by atoms with Gasteiger partial charge in [0.05, 0.1) is 18.0 Å². The van der Waals surface area contributed by atoms with Crippen molar-refractivity contribution in [1.82, 2.24) is 10.2 Å². The summed E-state index contributed by atoms with van der Waals surface area (Å²) in [5.41, 5.74) is 5.94. The van der Waals surface area contributed by atoms with Gasteiger partial charge in [-0.1, -0.05) is 6.92 Å². The molecule has 2 aliphatic heterocycles. The maximum Gasteiger partial charge on any atom is 0.231 e. The number of fused-ring (bicyclic) bond motifs is 1. The molecule has 9 heteroatoms. The van der Waals surface area contributed by atoms with Gasteiger partial charge in [0.1, 0.15) is 17.2 Å². The molecule has 0 bridgehead atoms. The fraction of sp³-hybridized carbons (Fsp3) is 0.654. The molecule has 1 fully saturated rings. The Balaban J connectivity index is 1.51. The highest BCUT2D eigenvalue weighted by Gasteiger charge is 2.52. The van der Waals surface area contributed by atoms with Gasteiger partial charge in [0, 0.05) is 37.7 Å². The first kappa shape index (κ1) is 25.4. The minimum Gasteiger partial charge on any atom is -0.487 e. The molecular weight excluding hydrogens is 451 g/mol. The molecular formula is C26H37FN4O4. The Morgan fingerprint density at radius 2 is 2.14 bits per heavy atom. The zero-order valence-electron chi connectivity index (χ0n) is 21.3. The maximum absolute atomic E-state index is 14.0. The zero-order valence-corrected chi connectivity index (χ0v) is 21.3. The number of benzene rings is 1. The highest BCUT2D eigenvalue weighted by Crippen LogP contribution is 2.47. The second kappa shape index (κ2) is 9.41. The first-order valence-corrected chi connectivity index (χ1v) is 12.4. The summed E-state index contributed by atoms with van der Waals surface area (Å²) in [5, 5.41) is 3.13. The van der Waals surface area contributed by atoms with E-state index in [1.807, 2.05) is 27.7 Å². The van der Waals surface area contributed by atoms with Crippen molar-refractivity contribution in [2.75, 3.05) is 13.7 Å². The molecule has 2 amide bonds. The molecule has 0 saturated heterocycles. The van der Waals surface area contributed by atoms with E-state index in [2.05, 4.69) is 10.3 Å². The molecule has 0 spiro atoms. The van der Waals surface area contributed by atoms with Gasteiger partial charge < -0.3 is 20.5 Å². The Bertz CT molecular complexity index is 1030. The first-order valence-electron chi connectivity index (χ1n) is 12.4. The van der Waals surface area contributed by atoms with Crippen molar-refractivity contribution in [3.05, 3.63) is 29.6 Å². The highest BCUT2D eigenvalue weighted by molar-refractivity contribution is 5.99. The van der Waals surface area contributed by atoms with Crippen molar-refractivity contribution in [1.29, 1.82) is 0 Å². The predicted molar refractivity (Wildman–Crippen MR) is 130 cm³/mol. The molecule has 3 N–H and O–H groups in total. The molecule has 1 saturated carbocycles. The summed E-state index contributed by atoms with van der Waals surface area (Å²) in [5.74, 6) is -0.0481. The van der Waals surface area contributed by atoms with Crippen LogP contribution in [0.2, 0.25) is 0 Å². The van der Waals surface area contributed by atoms with Crippen molar-refractivity contribution < 1.29 is 23.5 Å². The summed E-state index contributed by atoms with van der Waals surface area (Å²) in [4.78, 5) is 32.7. The normalized spacial score (nSPS) is 30.1. The predicted octanol–water partition coefficient (Wildman–Crippen LogP) is 3.30. The SMILES string of the molecule is CC[C@@]1(C)CC(=O)N([C@H](CCOC)[C@H]2CC2C(=O)N[C@H]2CC(C)(C)Oc3ccc(F)cc32)C(N)=N1. The van der Waals surface area contributed by atoms with E-state index in [1.54, 1.807) is 18.1 Å². The molecule has 1 unspecified atom stereocenters. The smallest absolute Gasteiger partial charge is 0.231 e. The lowest BCUT2D eigenvalue weighted by Gasteiger charge is -2.39. The number of methoxy groups -OCH3 is 1. The quantitative estimate of drug-likeness (QED) is 0.584. The van der Waals surface area contributed by atoms with Gasteiger partial charge in [0.15, 0.2) is 5.96 Å². The topological polar surface area (TPSA) is 106 Å².